The number of rotatable bonds is 2. The van der Waals surface area contributed by atoms with Gasteiger partial charge in [0.05, 0.1) is 0 Å². The molecule has 0 saturated carbocycles. The van der Waals surface area contributed by atoms with Crippen molar-refractivity contribution in [1.82, 2.24) is 0 Å². The first-order valence-electron chi connectivity index (χ1n) is 5.60. The van der Waals surface area contributed by atoms with Gasteiger partial charge in [0, 0.05) is 10.9 Å². The number of benzene rings is 1. The number of para-hydroxylation sites is 1. The first kappa shape index (κ1) is 12.3. The summed E-state index contributed by atoms with van der Waals surface area (Å²) < 4.78 is 5.61. The lowest BCUT2D eigenvalue weighted by atomic mass is 10.1. The Morgan fingerprint density at radius 2 is 1.88 bits per heavy atom. The summed E-state index contributed by atoms with van der Waals surface area (Å²) in [6.45, 7) is 9.63. The van der Waals surface area contributed by atoms with Crippen molar-refractivity contribution in [1.29, 1.82) is 0 Å². The summed E-state index contributed by atoms with van der Waals surface area (Å²) in [5, 5.41) is 1.16. The highest BCUT2D eigenvalue weighted by atomic mass is 16.3. The van der Waals surface area contributed by atoms with Crippen molar-refractivity contribution in [3.63, 3.8) is 0 Å². The van der Waals surface area contributed by atoms with Crippen LogP contribution in [0.3, 0.4) is 0 Å². The molecule has 2 rings (SSSR count). The van der Waals surface area contributed by atoms with Gasteiger partial charge in [-0.15, -0.1) is 0 Å². The SMILES string of the molecule is C=C/C=C\c1c(C)oc2ccccc12.CC. The molecule has 1 heteroatoms. The Morgan fingerprint density at radius 3 is 2.56 bits per heavy atom. The van der Waals surface area contributed by atoms with Gasteiger partial charge >= 0.3 is 0 Å². The topological polar surface area (TPSA) is 13.1 Å². The Kier molecular flexibility index (Phi) is 4.59. The largest absolute Gasteiger partial charge is 0.461 e. The summed E-state index contributed by atoms with van der Waals surface area (Å²) in [5.74, 6) is 0.948. The third-order valence-corrected chi connectivity index (χ3v) is 2.22. The molecule has 0 fully saturated rings. The average Bonchev–Trinajstić information content (AvgIpc) is 2.65. The van der Waals surface area contributed by atoms with Crippen LogP contribution in [0.5, 0.6) is 0 Å². The van der Waals surface area contributed by atoms with Crippen molar-refractivity contribution in [2.45, 2.75) is 20.8 Å². The van der Waals surface area contributed by atoms with Crippen molar-refractivity contribution >= 4 is 17.0 Å². The standard InChI is InChI=1S/C13H12O.C2H6/c1-3-4-7-11-10(2)14-13-9-6-5-8-12(11)13;1-2/h3-9H,1H2,2H3;1-2H3/b7-4-;. The highest BCUT2D eigenvalue weighted by Crippen LogP contribution is 2.26. The molecule has 1 heterocycles. The highest BCUT2D eigenvalue weighted by molar-refractivity contribution is 5.88. The number of aryl methyl sites for hydroxylation is 1. The third-order valence-electron chi connectivity index (χ3n) is 2.22. The fourth-order valence-electron chi connectivity index (χ4n) is 1.56. The van der Waals surface area contributed by atoms with E-state index in [1.807, 2.05) is 51.1 Å². The number of hydrogen-bond acceptors (Lipinski definition) is 1. The molecule has 0 unspecified atom stereocenters. The molecular formula is C15H18O. The first-order valence-corrected chi connectivity index (χ1v) is 5.60. The number of fused-ring (bicyclic) bond motifs is 1. The van der Waals surface area contributed by atoms with Gasteiger partial charge in [-0.3, -0.25) is 0 Å². The molecule has 0 bridgehead atoms. The minimum Gasteiger partial charge on any atom is -0.461 e. The Hall–Kier alpha value is -1.76. The third kappa shape index (κ3) is 2.43. The molecule has 0 spiro atoms. The van der Waals surface area contributed by atoms with Crippen LogP contribution in [0.15, 0.2) is 47.4 Å². The molecule has 0 aliphatic heterocycles. The molecule has 1 aromatic carbocycles. The van der Waals surface area contributed by atoms with E-state index in [9.17, 15) is 0 Å². The zero-order chi connectivity index (χ0) is 12.0. The van der Waals surface area contributed by atoms with Gasteiger partial charge in [-0.05, 0) is 13.0 Å². The van der Waals surface area contributed by atoms with E-state index in [0.717, 1.165) is 22.3 Å². The van der Waals surface area contributed by atoms with Gasteiger partial charge in [-0.2, -0.15) is 0 Å². The second-order valence-electron chi connectivity index (χ2n) is 3.16. The molecule has 0 N–H and O–H groups in total. The lowest BCUT2D eigenvalue weighted by Gasteiger charge is -1.88. The number of hydrogen-bond donors (Lipinski definition) is 0. The zero-order valence-electron chi connectivity index (χ0n) is 10.2. The lowest BCUT2D eigenvalue weighted by Crippen LogP contribution is -1.71. The van der Waals surface area contributed by atoms with E-state index in [4.69, 9.17) is 4.42 Å². The molecular weight excluding hydrogens is 196 g/mol. The molecule has 1 aromatic heterocycles. The van der Waals surface area contributed by atoms with Crippen LogP contribution in [0.4, 0.5) is 0 Å². The predicted octanol–water partition coefficient (Wildman–Crippen LogP) is 4.97. The molecule has 2 aromatic rings. The molecule has 0 atom stereocenters. The van der Waals surface area contributed by atoms with Gasteiger partial charge in [-0.1, -0.05) is 56.9 Å². The molecule has 0 radical (unpaired) electrons. The predicted molar refractivity (Wildman–Crippen MR) is 71.5 cm³/mol. The Labute approximate surface area is 97.1 Å². The number of furan rings is 1. The van der Waals surface area contributed by atoms with Crippen molar-refractivity contribution in [3.05, 3.63) is 54.3 Å². The molecule has 0 amide bonds. The van der Waals surface area contributed by atoms with Crippen LogP contribution in [0.25, 0.3) is 17.0 Å². The fraction of sp³-hybridized carbons (Fsp3) is 0.200. The monoisotopic (exact) mass is 214 g/mol. The van der Waals surface area contributed by atoms with E-state index in [2.05, 4.69) is 12.6 Å². The fourth-order valence-corrected chi connectivity index (χ4v) is 1.56. The van der Waals surface area contributed by atoms with Gasteiger partial charge in [0.1, 0.15) is 11.3 Å². The van der Waals surface area contributed by atoms with Crippen molar-refractivity contribution in [3.8, 4) is 0 Å². The maximum atomic E-state index is 5.61. The second kappa shape index (κ2) is 5.96. The van der Waals surface area contributed by atoms with E-state index < -0.39 is 0 Å². The summed E-state index contributed by atoms with van der Waals surface area (Å²) in [4.78, 5) is 0. The minimum absolute atomic E-state index is 0.939. The van der Waals surface area contributed by atoms with E-state index in [1.54, 1.807) is 6.08 Å². The van der Waals surface area contributed by atoms with Crippen LogP contribution >= 0.6 is 0 Å². The van der Waals surface area contributed by atoms with Crippen LogP contribution < -0.4 is 0 Å². The quantitative estimate of drug-likeness (QED) is 0.643. The summed E-state index contributed by atoms with van der Waals surface area (Å²) >= 11 is 0. The normalized spacial score (nSPS) is 10.2. The molecule has 1 nitrogen and oxygen atoms in total. The van der Waals surface area contributed by atoms with Crippen LogP contribution in [0.1, 0.15) is 25.2 Å². The molecule has 84 valence electrons. The maximum Gasteiger partial charge on any atom is 0.134 e. The van der Waals surface area contributed by atoms with Crippen LogP contribution in [0, 0.1) is 6.92 Å². The smallest absolute Gasteiger partial charge is 0.134 e. The van der Waals surface area contributed by atoms with Crippen LogP contribution in [-0.2, 0) is 0 Å². The summed E-state index contributed by atoms with van der Waals surface area (Å²) in [7, 11) is 0. The highest BCUT2D eigenvalue weighted by Gasteiger charge is 2.06. The lowest BCUT2D eigenvalue weighted by molar-refractivity contribution is 0.577. The van der Waals surface area contributed by atoms with Gasteiger partial charge in [0.15, 0.2) is 0 Å². The van der Waals surface area contributed by atoms with Crippen molar-refractivity contribution in [2.24, 2.45) is 0 Å². The maximum absolute atomic E-state index is 5.61. The van der Waals surface area contributed by atoms with E-state index in [1.165, 1.54) is 0 Å². The summed E-state index contributed by atoms with van der Waals surface area (Å²) in [6.07, 6.45) is 5.71. The average molecular weight is 214 g/mol. The summed E-state index contributed by atoms with van der Waals surface area (Å²) in [6, 6.07) is 8.04. The molecule has 0 aliphatic rings. The van der Waals surface area contributed by atoms with Gasteiger partial charge in [-0.25, -0.2) is 0 Å². The molecule has 0 aliphatic carbocycles. The Bertz CT molecular complexity index is 489. The van der Waals surface area contributed by atoms with Crippen LogP contribution in [0.2, 0.25) is 0 Å². The second-order valence-corrected chi connectivity index (χ2v) is 3.16. The molecule has 16 heavy (non-hydrogen) atoms. The molecule has 0 saturated heterocycles. The Balaban J connectivity index is 0.000000606. The first-order chi connectivity index (χ1) is 7.83. The van der Waals surface area contributed by atoms with E-state index in [0.29, 0.717) is 0 Å². The zero-order valence-corrected chi connectivity index (χ0v) is 10.2. The van der Waals surface area contributed by atoms with Crippen molar-refractivity contribution < 1.29 is 4.42 Å². The number of allylic oxidation sites excluding steroid dienone is 2. The van der Waals surface area contributed by atoms with Gasteiger partial charge < -0.3 is 4.42 Å². The van der Waals surface area contributed by atoms with Crippen molar-refractivity contribution in [2.75, 3.05) is 0 Å². The minimum atomic E-state index is 0.939. The Morgan fingerprint density at radius 1 is 1.19 bits per heavy atom. The van der Waals surface area contributed by atoms with Gasteiger partial charge in [0.25, 0.3) is 0 Å². The van der Waals surface area contributed by atoms with Crippen LogP contribution in [-0.4, -0.2) is 0 Å². The summed E-state index contributed by atoms with van der Waals surface area (Å²) in [5.41, 5.74) is 2.08. The van der Waals surface area contributed by atoms with E-state index in [-0.39, 0.29) is 0 Å². The van der Waals surface area contributed by atoms with Gasteiger partial charge in [0.2, 0.25) is 0 Å². The van der Waals surface area contributed by atoms with E-state index >= 15 is 0 Å².